The second-order valence-corrected chi connectivity index (χ2v) is 8.50. The first-order valence-corrected chi connectivity index (χ1v) is 10.5. The molecule has 0 bridgehead atoms. The van der Waals surface area contributed by atoms with Crippen LogP contribution in [0.1, 0.15) is 42.0 Å². The maximum atomic E-state index is 13.0. The Labute approximate surface area is 172 Å². The van der Waals surface area contributed by atoms with Gasteiger partial charge in [-0.05, 0) is 71.5 Å². The number of benzene rings is 2. The Kier molecular flexibility index (Phi) is 5.60. The SMILES string of the molecule is CC(O)N1CCC(=C2c3ccccc3C=Cc3ccc(SC(F)(F)F)cc32)CC1. The minimum Gasteiger partial charge on any atom is -0.379 e. The van der Waals surface area contributed by atoms with Gasteiger partial charge in [0, 0.05) is 18.0 Å². The van der Waals surface area contributed by atoms with Crippen molar-refractivity contribution in [1.29, 1.82) is 0 Å². The predicted molar refractivity (Wildman–Crippen MR) is 112 cm³/mol. The molecule has 1 unspecified atom stereocenters. The molecule has 0 saturated carbocycles. The van der Waals surface area contributed by atoms with Crippen molar-refractivity contribution < 1.29 is 18.3 Å². The lowest BCUT2D eigenvalue weighted by molar-refractivity contribution is -0.0328. The molecule has 1 heterocycles. The van der Waals surface area contributed by atoms with Crippen LogP contribution in [0.3, 0.4) is 0 Å². The molecule has 4 rings (SSSR count). The highest BCUT2D eigenvalue weighted by Crippen LogP contribution is 2.43. The molecule has 2 nitrogen and oxygen atoms in total. The van der Waals surface area contributed by atoms with Gasteiger partial charge >= 0.3 is 5.51 Å². The largest absolute Gasteiger partial charge is 0.446 e. The summed E-state index contributed by atoms with van der Waals surface area (Å²) in [6.07, 6.45) is 5.08. The standard InChI is InChI=1S/C23H22F3NOS/c1-15(28)27-12-10-18(11-13-27)22-20-5-3-2-4-16(20)6-7-17-8-9-19(14-21(17)22)29-23(24,25)26/h2-9,14-15,28H,10-13H2,1H3. The molecule has 2 aromatic carbocycles. The van der Waals surface area contributed by atoms with Crippen LogP contribution in [-0.2, 0) is 0 Å². The third-order valence-electron chi connectivity index (χ3n) is 5.48. The van der Waals surface area contributed by atoms with E-state index in [2.05, 4.69) is 0 Å². The Morgan fingerprint density at radius 3 is 2.28 bits per heavy atom. The minimum atomic E-state index is -4.32. The summed E-state index contributed by atoms with van der Waals surface area (Å²) in [7, 11) is 0. The van der Waals surface area contributed by atoms with E-state index in [0.29, 0.717) is 0 Å². The number of aliphatic hydroxyl groups excluding tert-OH is 1. The molecule has 1 N–H and O–H groups in total. The fourth-order valence-electron chi connectivity index (χ4n) is 4.09. The summed E-state index contributed by atoms with van der Waals surface area (Å²) in [6, 6.07) is 13.0. The van der Waals surface area contributed by atoms with E-state index >= 15 is 0 Å². The highest BCUT2D eigenvalue weighted by Gasteiger charge is 2.30. The number of hydrogen-bond donors (Lipinski definition) is 1. The summed E-state index contributed by atoms with van der Waals surface area (Å²) in [4.78, 5) is 2.21. The van der Waals surface area contributed by atoms with Gasteiger partial charge in [0.2, 0.25) is 0 Å². The minimum absolute atomic E-state index is 0.0733. The Hall–Kier alpha value is -2.02. The summed E-state index contributed by atoms with van der Waals surface area (Å²) in [6.45, 7) is 3.23. The quantitative estimate of drug-likeness (QED) is 0.516. The molecule has 152 valence electrons. The average Bonchev–Trinajstić information content (AvgIpc) is 2.83. The van der Waals surface area contributed by atoms with Gasteiger partial charge in [0.05, 0.1) is 0 Å². The zero-order valence-corrected chi connectivity index (χ0v) is 16.9. The van der Waals surface area contributed by atoms with Gasteiger partial charge in [0.1, 0.15) is 6.23 Å². The summed E-state index contributed by atoms with van der Waals surface area (Å²) in [5, 5.41) is 9.87. The molecule has 0 aromatic heterocycles. The molecule has 2 aliphatic rings. The number of alkyl halides is 3. The van der Waals surface area contributed by atoms with E-state index in [0.717, 1.165) is 53.8 Å². The Morgan fingerprint density at radius 2 is 1.62 bits per heavy atom. The van der Waals surface area contributed by atoms with Crippen LogP contribution in [0.15, 0.2) is 52.9 Å². The van der Waals surface area contributed by atoms with Gasteiger partial charge in [-0.3, -0.25) is 4.90 Å². The van der Waals surface area contributed by atoms with Gasteiger partial charge in [0.15, 0.2) is 0 Å². The number of hydrogen-bond acceptors (Lipinski definition) is 3. The van der Waals surface area contributed by atoms with Crippen LogP contribution in [-0.4, -0.2) is 34.8 Å². The molecule has 1 fully saturated rings. The van der Waals surface area contributed by atoms with Crippen LogP contribution in [0.4, 0.5) is 13.2 Å². The summed E-state index contributed by atoms with van der Waals surface area (Å²) >= 11 is -0.0733. The first-order chi connectivity index (χ1) is 13.8. The monoisotopic (exact) mass is 417 g/mol. The lowest BCUT2D eigenvalue weighted by atomic mass is 9.86. The van der Waals surface area contributed by atoms with Crippen molar-refractivity contribution in [2.24, 2.45) is 0 Å². The van der Waals surface area contributed by atoms with E-state index < -0.39 is 11.7 Å². The van der Waals surface area contributed by atoms with Gasteiger partial charge in [-0.2, -0.15) is 13.2 Å². The van der Waals surface area contributed by atoms with E-state index in [1.54, 1.807) is 19.1 Å². The van der Waals surface area contributed by atoms with E-state index in [1.165, 1.54) is 11.6 Å². The first kappa shape index (κ1) is 20.3. The fraction of sp³-hybridized carbons (Fsp3) is 0.304. The van der Waals surface area contributed by atoms with Crippen LogP contribution in [0.2, 0.25) is 0 Å². The Bertz CT molecular complexity index is 968. The molecule has 0 spiro atoms. The van der Waals surface area contributed by atoms with Crippen molar-refractivity contribution in [2.45, 2.75) is 36.4 Å². The van der Waals surface area contributed by atoms with Crippen molar-refractivity contribution in [2.75, 3.05) is 13.1 Å². The van der Waals surface area contributed by atoms with E-state index in [4.69, 9.17) is 0 Å². The molecular weight excluding hydrogens is 395 g/mol. The number of rotatable bonds is 2. The van der Waals surface area contributed by atoms with Gasteiger partial charge in [-0.1, -0.05) is 48.1 Å². The van der Waals surface area contributed by atoms with Crippen molar-refractivity contribution in [3.05, 3.63) is 70.3 Å². The number of likely N-dealkylation sites (tertiary alicyclic amines) is 1. The number of piperidine rings is 1. The van der Waals surface area contributed by atoms with Gasteiger partial charge in [0.25, 0.3) is 0 Å². The molecule has 1 saturated heterocycles. The molecule has 6 heteroatoms. The third kappa shape index (κ3) is 4.44. The lowest BCUT2D eigenvalue weighted by Crippen LogP contribution is -2.38. The molecule has 2 aromatic rings. The fourth-order valence-corrected chi connectivity index (χ4v) is 4.67. The number of fused-ring (bicyclic) bond motifs is 2. The van der Waals surface area contributed by atoms with Gasteiger partial charge in [-0.25, -0.2) is 0 Å². The number of nitrogens with zero attached hydrogens (tertiary/aromatic N) is 1. The average molecular weight is 417 g/mol. The van der Waals surface area contributed by atoms with Gasteiger partial charge in [-0.15, -0.1) is 0 Å². The van der Waals surface area contributed by atoms with E-state index in [-0.39, 0.29) is 16.7 Å². The molecule has 29 heavy (non-hydrogen) atoms. The Morgan fingerprint density at radius 1 is 0.966 bits per heavy atom. The van der Waals surface area contributed by atoms with Crippen LogP contribution >= 0.6 is 11.8 Å². The Balaban J connectivity index is 1.84. The third-order valence-corrected chi connectivity index (χ3v) is 6.20. The molecule has 0 radical (unpaired) electrons. The van der Waals surface area contributed by atoms with Crippen molar-refractivity contribution >= 4 is 29.5 Å². The van der Waals surface area contributed by atoms with Crippen LogP contribution in [0.25, 0.3) is 17.7 Å². The van der Waals surface area contributed by atoms with Crippen molar-refractivity contribution in [1.82, 2.24) is 4.90 Å². The zero-order valence-electron chi connectivity index (χ0n) is 16.0. The van der Waals surface area contributed by atoms with Crippen LogP contribution in [0, 0.1) is 0 Å². The summed E-state index contributed by atoms with van der Waals surface area (Å²) in [5.74, 6) is 0. The maximum absolute atomic E-state index is 13.0. The predicted octanol–water partition coefficient (Wildman–Crippen LogP) is 6.02. The summed E-state index contributed by atoms with van der Waals surface area (Å²) < 4.78 is 38.9. The highest BCUT2D eigenvalue weighted by atomic mass is 32.2. The van der Waals surface area contributed by atoms with Crippen LogP contribution in [0.5, 0.6) is 0 Å². The van der Waals surface area contributed by atoms with E-state index in [9.17, 15) is 18.3 Å². The molecule has 0 amide bonds. The zero-order chi connectivity index (χ0) is 20.6. The second-order valence-electron chi connectivity index (χ2n) is 7.36. The first-order valence-electron chi connectivity index (χ1n) is 9.63. The number of thioether (sulfide) groups is 1. The molecular formula is C23H22F3NOS. The highest BCUT2D eigenvalue weighted by molar-refractivity contribution is 8.00. The van der Waals surface area contributed by atoms with Gasteiger partial charge < -0.3 is 5.11 Å². The van der Waals surface area contributed by atoms with Crippen LogP contribution < -0.4 is 0 Å². The smallest absolute Gasteiger partial charge is 0.379 e. The van der Waals surface area contributed by atoms with Crippen molar-refractivity contribution in [3.63, 3.8) is 0 Å². The molecule has 1 aliphatic carbocycles. The maximum Gasteiger partial charge on any atom is 0.446 e. The van der Waals surface area contributed by atoms with E-state index in [1.807, 2.05) is 41.3 Å². The number of aliphatic hydroxyl groups is 1. The van der Waals surface area contributed by atoms with Crippen molar-refractivity contribution in [3.8, 4) is 0 Å². The molecule has 1 aliphatic heterocycles. The lowest BCUT2D eigenvalue weighted by Gasteiger charge is -2.32. The summed E-state index contributed by atoms with van der Waals surface area (Å²) in [5.41, 5.74) is 1.84. The topological polar surface area (TPSA) is 23.5 Å². The normalized spacial score (nSPS) is 18.2. The molecule has 1 atom stereocenters. The second kappa shape index (κ2) is 8.01. The number of halogens is 3.